The molecule has 1 aliphatic carbocycles. The van der Waals surface area contributed by atoms with Gasteiger partial charge in [0.05, 0.1) is 11.4 Å². The number of fused-ring (bicyclic) bond motifs is 5. The molecule has 0 aromatic heterocycles. The summed E-state index contributed by atoms with van der Waals surface area (Å²) in [5.41, 5.74) is 16.1. The average Bonchev–Trinajstić information content (AvgIpc) is 2.53. The van der Waals surface area contributed by atoms with E-state index >= 15 is 0 Å². The Hall–Kier alpha value is -1.48. The second-order valence-electron chi connectivity index (χ2n) is 5.25. The highest BCUT2D eigenvalue weighted by atomic mass is 15.1. The van der Waals surface area contributed by atoms with Gasteiger partial charge in [0, 0.05) is 19.6 Å². The number of hydrogen-bond donors (Lipinski definition) is 2. The van der Waals surface area contributed by atoms with Crippen LogP contribution in [0.15, 0.2) is 24.8 Å². The van der Waals surface area contributed by atoms with Crippen molar-refractivity contribution in [3.63, 3.8) is 0 Å². The van der Waals surface area contributed by atoms with Crippen LogP contribution in [0, 0.1) is 0 Å². The first-order valence-corrected chi connectivity index (χ1v) is 6.21. The molecule has 0 saturated carbocycles. The third kappa shape index (κ3) is 1.62. The van der Waals surface area contributed by atoms with Crippen molar-refractivity contribution in [1.29, 1.82) is 0 Å². The van der Waals surface area contributed by atoms with Crippen molar-refractivity contribution in [2.75, 3.05) is 31.1 Å². The minimum Gasteiger partial charge on any atom is -0.397 e. The van der Waals surface area contributed by atoms with Crippen LogP contribution in [0.5, 0.6) is 0 Å². The Morgan fingerprint density at radius 3 is 2.18 bits per heavy atom. The maximum Gasteiger partial charge on any atom is 0.0550 e. The lowest BCUT2D eigenvalue weighted by Crippen LogP contribution is -2.34. The zero-order chi connectivity index (χ0) is 12.0. The molecule has 0 unspecified atom stereocenters. The van der Waals surface area contributed by atoms with Crippen LogP contribution in [-0.4, -0.2) is 24.5 Å². The van der Waals surface area contributed by atoms with Crippen molar-refractivity contribution in [2.45, 2.75) is 18.3 Å². The van der Waals surface area contributed by atoms with E-state index in [1.54, 1.807) is 0 Å². The summed E-state index contributed by atoms with van der Waals surface area (Å²) in [7, 11) is 0. The molecule has 1 saturated heterocycles. The third-order valence-electron chi connectivity index (χ3n) is 4.08. The van der Waals surface area contributed by atoms with Crippen molar-refractivity contribution in [3.05, 3.63) is 35.9 Å². The predicted octanol–water partition coefficient (Wildman–Crippen LogP) is 1.92. The van der Waals surface area contributed by atoms with Crippen LogP contribution in [-0.2, 0) is 0 Å². The third-order valence-corrected chi connectivity index (χ3v) is 4.08. The highest BCUT2D eigenvalue weighted by Crippen LogP contribution is 2.47. The normalized spacial score (nSPS) is 26.8. The van der Waals surface area contributed by atoms with Crippen LogP contribution in [0.4, 0.5) is 11.4 Å². The van der Waals surface area contributed by atoms with Gasteiger partial charge in [-0.1, -0.05) is 6.08 Å². The van der Waals surface area contributed by atoms with Crippen LogP contribution in [0.2, 0.25) is 0 Å². The Morgan fingerprint density at radius 1 is 1.18 bits per heavy atom. The smallest absolute Gasteiger partial charge is 0.0550 e. The quantitative estimate of drug-likeness (QED) is 0.602. The molecule has 0 amide bonds. The van der Waals surface area contributed by atoms with Gasteiger partial charge in [-0.05, 0) is 41.5 Å². The molecule has 2 bridgehead atoms. The molecule has 2 aliphatic rings. The van der Waals surface area contributed by atoms with Crippen molar-refractivity contribution in [2.24, 2.45) is 0 Å². The second kappa shape index (κ2) is 3.77. The van der Waals surface area contributed by atoms with Gasteiger partial charge in [0.2, 0.25) is 0 Å². The number of likely N-dealkylation sites (tertiary alicyclic amines) is 1. The number of hydrogen-bond acceptors (Lipinski definition) is 3. The molecule has 2 atom stereocenters. The van der Waals surface area contributed by atoms with E-state index in [2.05, 4.69) is 23.6 Å². The highest BCUT2D eigenvalue weighted by molar-refractivity contribution is 5.68. The molecule has 1 aromatic carbocycles. The van der Waals surface area contributed by atoms with Gasteiger partial charge in [-0.3, -0.25) is 4.90 Å². The van der Waals surface area contributed by atoms with Crippen LogP contribution in [0.3, 0.4) is 0 Å². The number of benzene rings is 1. The molecule has 3 rings (SSSR count). The first kappa shape index (κ1) is 10.7. The Morgan fingerprint density at radius 2 is 1.71 bits per heavy atom. The summed E-state index contributed by atoms with van der Waals surface area (Å²) in [5.74, 6) is 1.26. The average molecular weight is 229 g/mol. The van der Waals surface area contributed by atoms with Crippen molar-refractivity contribution >= 4 is 11.4 Å². The molecular formula is C14H19N3. The molecule has 1 heterocycles. The lowest BCUT2D eigenvalue weighted by molar-refractivity contribution is 0.223. The Kier molecular flexibility index (Phi) is 2.37. The van der Waals surface area contributed by atoms with Gasteiger partial charge in [0.15, 0.2) is 0 Å². The second-order valence-corrected chi connectivity index (χ2v) is 5.25. The molecule has 3 heteroatoms. The summed E-state index contributed by atoms with van der Waals surface area (Å²) < 4.78 is 0. The van der Waals surface area contributed by atoms with Crippen molar-refractivity contribution in [3.8, 4) is 0 Å². The van der Waals surface area contributed by atoms with Crippen LogP contribution in [0.25, 0.3) is 0 Å². The fraction of sp³-hybridized carbons (Fsp3) is 0.429. The van der Waals surface area contributed by atoms with Crippen LogP contribution in [0.1, 0.15) is 29.4 Å². The van der Waals surface area contributed by atoms with Crippen molar-refractivity contribution in [1.82, 2.24) is 4.90 Å². The lowest BCUT2D eigenvalue weighted by atomic mass is 9.96. The molecule has 1 aliphatic heterocycles. The Labute approximate surface area is 102 Å². The predicted molar refractivity (Wildman–Crippen MR) is 72.0 cm³/mol. The standard InChI is InChI=1S/C14H19N3/c1-2-3-17-7-9-4-10(8-17)12-6-14(16)13(15)5-11(9)12/h2,5-6,9-10H,1,3-4,7-8,15-16H2/t9-,10+. The van der Waals surface area contributed by atoms with Crippen LogP contribution >= 0.6 is 0 Å². The first-order valence-electron chi connectivity index (χ1n) is 6.21. The number of nitrogens with two attached hydrogens (primary N) is 2. The van der Waals surface area contributed by atoms with E-state index < -0.39 is 0 Å². The number of nitrogens with zero attached hydrogens (tertiary/aromatic N) is 1. The molecule has 3 nitrogen and oxygen atoms in total. The molecule has 1 aromatic rings. The largest absolute Gasteiger partial charge is 0.397 e. The van der Waals surface area contributed by atoms with E-state index in [0.717, 1.165) is 31.0 Å². The fourth-order valence-corrected chi connectivity index (χ4v) is 3.35. The van der Waals surface area contributed by atoms with E-state index in [1.165, 1.54) is 17.5 Å². The zero-order valence-corrected chi connectivity index (χ0v) is 10.0. The molecular weight excluding hydrogens is 210 g/mol. The summed E-state index contributed by atoms with van der Waals surface area (Å²) in [6.45, 7) is 7.05. The topological polar surface area (TPSA) is 55.3 Å². The van der Waals surface area contributed by atoms with Gasteiger partial charge in [-0.15, -0.1) is 6.58 Å². The maximum absolute atomic E-state index is 5.91. The Balaban J connectivity index is 1.96. The Bertz CT molecular complexity index is 430. The van der Waals surface area contributed by atoms with E-state index in [4.69, 9.17) is 11.5 Å². The maximum atomic E-state index is 5.91. The molecule has 0 radical (unpaired) electrons. The highest BCUT2D eigenvalue weighted by Gasteiger charge is 2.37. The van der Waals surface area contributed by atoms with E-state index in [-0.39, 0.29) is 0 Å². The summed E-state index contributed by atoms with van der Waals surface area (Å²) >= 11 is 0. The van der Waals surface area contributed by atoms with E-state index in [9.17, 15) is 0 Å². The number of anilines is 2. The van der Waals surface area contributed by atoms with Gasteiger partial charge in [0.1, 0.15) is 0 Å². The minimum atomic E-state index is 0.631. The monoisotopic (exact) mass is 229 g/mol. The summed E-state index contributed by atoms with van der Waals surface area (Å²) in [4.78, 5) is 2.47. The summed E-state index contributed by atoms with van der Waals surface area (Å²) in [6.07, 6.45) is 3.24. The number of rotatable bonds is 2. The van der Waals surface area contributed by atoms with Gasteiger partial charge >= 0.3 is 0 Å². The minimum absolute atomic E-state index is 0.631. The molecule has 1 fully saturated rings. The van der Waals surface area contributed by atoms with E-state index in [0.29, 0.717) is 11.8 Å². The molecule has 90 valence electrons. The van der Waals surface area contributed by atoms with E-state index in [1.807, 2.05) is 6.08 Å². The zero-order valence-electron chi connectivity index (χ0n) is 10.0. The molecule has 17 heavy (non-hydrogen) atoms. The van der Waals surface area contributed by atoms with Crippen LogP contribution < -0.4 is 11.5 Å². The van der Waals surface area contributed by atoms with Crippen molar-refractivity contribution < 1.29 is 0 Å². The number of piperidine rings is 1. The first-order chi connectivity index (χ1) is 8.19. The number of nitrogen functional groups attached to an aromatic ring is 2. The SMILES string of the molecule is C=CCN1C[C@H]2C[C@@H](C1)c1cc(N)c(N)cc12. The molecule has 4 N–H and O–H groups in total. The van der Waals surface area contributed by atoms with Gasteiger partial charge < -0.3 is 11.5 Å². The van der Waals surface area contributed by atoms with Gasteiger partial charge in [0.25, 0.3) is 0 Å². The lowest BCUT2D eigenvalue weighted by Gasteiger charge is -2.31. The summed E-state index contributed by atoms with van der Waals surface area (Å²) in [6, 6.07) is 4.18. The van der Waals surface area contributed by atoms with Gasteiger partial charge in [-0.2, -0.15) is 0 Å². The van der Waals surface area contributed by atoms with Gasteiger partial charge in [-0.25, -0.2) is 0 Å². The molecule has 0 spiro atoms. The summed E-state index contributed by atoms with van der Waals surface area (Å²) in [5, 5.41) is 0. The fourth-order valence-electron chi connectivity index (χ4n) is 3.35.